The SMILES string of the molecule is CN1CCCN(c2ccc(N/C=C3\C(=O)NC(=O)c4ccc(Br)cc43)cc2)CC1. The van der Waals surface area contributed by atoms with Gasteiger partial charge in [-0.05, 0) is 62.5 Å². The first-order chi connectivity index (χ1) is 14.0. The van der Waals surface area contributed by atoms with E-state index in [4.69, 9.17) is 0 Å². The van der Waals surface area contributed by atoms with Crippen molar-refractivity contribution in [3.63, 3.8) is 0 Å². The van der Waals surface area contributed by atoms with Crippen molar-refractivity contribution >= 4 is 44.7 Å². The number of carbonyl (C=O) groups excluding carboxylic acids is 2. The second-order valence-electron chi connectivity index (χ2n) is 7.37. The third kappa shape index (κ3) is 4.36. The van der Waals surface area contributed by atoms with E-state index in [0.29, 0.717) is 16.7 Å². The summed E-state index contributed by atoms with van der Waals surface area (Å²) in [5.41, 5.74) is 3.62. The number of nitrogens with zero attached hydrogens (tertiary/aromatic N) is 2. The molecule has 0 aliphatic carbocycles. The molecule has 0 aromatic heterocycles. The molecule has 2 aliphatic rings. The molecule has 2 aliphatic heterocycles. The Kier molecular flexibility index (Phi) is 5.69. The second kappa shape index (κ2) is 8.39. The van der Waals surface area contributed by atoms with Gasteiger partial charge in [0.1, 0.15) is 0 Å². The summed E-state index contributed by atoms with van der Waals surface area (Å²) in [6.45, 7) is 4.27. The molecule has 2 heterocycles. The number of imide groups is 1. The number of rotatable bonds is 3. The lowest BCUT2D eigenvalue weighted by Gasteiger charge is -2.23. The fourth-order valence-corrected chi connectivity index (χ4v) is 4.03. The monoisotopic (exact) mass is 454 g/mol. The Hall–Kier alpha value is -2.64. The third-order valence-corrected chi connectivity index (χ3v) is 5.82. The molecule has 0 saturated carbocycles. The van der Waals surface area contributed by atoms with Crippen LogP contribution in [-0.4, -0.2) is 49.9 Å². The van der Waals surface area contributed by atoms with Gasteiger partial charge in [0, 0.05) is 52.8 Å². The maximum Gasteiger partial charge on any atom is 0.260 e. The molecule has 1 fully saturated rings. The standard InChI is InChI=1S/C22H23BrN4O2/c1-26-9-2-10-27(12-11-26)17-6-4-16(5-7-17)24-14-20-19-13-15(23)3-8-18(19)21(28)25-22(20)29/h3-8,13-14,24H,2,9-12H2,1H3,(H,25,28,29)/b20-14-. The fourth-order valence-electron chi connectivity index (χ4n) is 3.67. The van der Waals surface area contributed by atoms with Crippen LogP contribution in [0, 0.1) is 0 Å². The number of anilines is 2. The number of fused-ring (bicyclic) bond motifs is 1. The zero-order valence-electron chi connectivity index (χ0n) is 16.2. The van der Waals surface area contributed by atoms with Crippen LogP contribution in [0.3, 0.4) is 0 Å². The van der Waals surface area contributed by atoms with Crippen molar-refractivity contribution in [2.75, 3.05) is 43.4 Å². The number of hydrogen-bond acceptors (Lipinski definition) is 5. The topological polar surface area (TPSA) is 64.7 Å². The first-order valence-corrected chi connectivity index (χ1v) is 10.5. The summed E-state index contributed by atoms with van der Waals surface area (Å²) in [6.07, 6.45) is 2.81. The van der Waals surface area contributed by atoms with Crippen LogP contribution in [0.25, 0.3) is 5.57 Å². The molecule has 2 aromatic carbocycles. The molecular weight excluding hydrogens is 432 g/mol. The van der Waals surface area contributed by atoms with E-state index in [9.17, 15) is 9.59 Å². The highest BCUT2D eigenvalue weighted by Gasteiger charge is 2.27. The average molecular weight is 455 g/mol. The highest BCUT2D eigenvalue weighted by molar-refractivity contribution is 9.10. The van der Waals surface area contributed by atoms with Gasteiger partial charge in [0.25, 0.3) is 11.8 Å². The summed E-state index contributed by atoms with van der Waals surface area (Å²) in [7, 11) is 2.16. The smallest absolute Gasteiger partial charge is 0.260 e. The lowest BCUT2D eigenvalue weighted by molar-refractivity contribution is -0.114. The summed E-state index contributed by atoms with van der Waals surface area (Å²) < 4.78 is 0.817. The number of hydrogen-bond donors (Lipinski definition) is 2. The highest BCUT2D eigenvalue weighted by Crippen LogP contribution is 2.28. The van der Waals surface area contributed by atoms with E-state index in [-0.39, 0.29) is 5.91 Å². The average Bonchev–Trinajstić information content (AvgIpc) is 2.92. The molecule has 2 aromatic rings. The summed E-state index contributed by atoms with van der Waals surface area (Å²) in [5.74, 6) is -0.777. The van der Waals surface area contributed by atoms with Crippen molar-refractivity contribution in [2.45, 2.75) is 6.42 Å². The Morgan fingerprint density at radius 1 is 0.966 bits per heavy atom. The lowest BCUT2D eigenvalue weighted by Crippen LogP contribution is -2.36. The molecule has 7 heteroatoms. The molecular formula is C22H23BrN4O2. The predicted octanol–water partition coefficient (Wildman–Crippen LogP) is 3.31. The molecule has 0 atom stereocenters. The minimum Gasteiger partial charge on any atom is -0.370 e. The van der Waals surface area contributed by atoms with E-state index >= 15 is 0 Å². The quantitative estimate of drug-likeness (QED) is 0.550. The summed E-state index contributed by atoms with van der Waals surface area (Å²) >= 11 is 3.41. The van der Waals surface area contributed by atoms with Crippen LogP contribution in [0.2, 0.25) is 0 Å². The number of benzene rings is 2. The first-order valence-electron chi connectivity index (χ1n) is 9.67. The number of nitrogens with one attached hydrogen (secondary N) is 2. The number of likely N-dealkylation sites (N-methyl/N-ethyl adjacent to an activating group) is 1. The van der Waals surface area contributed by atoms with E-state index in [0.717, 1.165) is 42.8 Å². The van der Waals surface area contributed by atoms with Crippen LogP contribution in [0.4, 0.5) is 11.4 Å². The molecule has 0 bridgehead atoms. The van der Waals surface area contributed by atoms with E-state index in [1.54, 1.807) is 24.4 Å². The van der Waals surface area contributed by atoms with Crippen LogP contribution < -0.4 is 15.5 Å². The largest absolute Gasteiger partial charge is 0.370 e. The van der Waals surface area contributed by atoms with E-state index in [2.05, 4.69) is 55.5 Å². The van der Waals surface area contributed by atoms with Gasteiger partial charge in [-0.2, -0.15) is 0 Å². The highest BCUT2D eigenvalue weighted by atomic mass is 79.9. The van der Waals surface area contributed by atoms with Gasteiger partial charge in [0.05, 0.1) is 5.57 Å². The van der Waals surface area contributed by atoms with Gasteiger partial charge in [0.15, 0.2) is 0 Å². The van der Waals surface area contributed by atoms with Crippen LogP contribution in [0.5, 0.6) is 0 Å². The van der Waals surface area contributed by atoms with Gasteiger partial charge >= 0.3 is 0 Å². The normalized spacial score (nSPS) is 19.0. The molecule has 0 spiro atoms. The zero-order valence-corrected chi connectivity index (χ0v) is 17.8. The summed E-state index contributed by atoms with van der Waals surface area (Å²) in [5, 5.41) is 5.58. The fraction of sp³-hybridized carbons (Fsp3) is 0.273. The van der Waals surface area contributed by atoms with Gasteiger partial charge in [-0.3, -0.25) is 14.9 Å². The summed E-state index contributed by atoms with van der Waals surface area (Å²) in [6, 6.07) is 13.5. The minimum absolute atomic E-state index is 0.373. The molecule has 2 amide bonds. The third-order valence-electron chi connectivity index (χ3n) is 5.32. The molecule has 4 rings (SSSR count). The van der Waals surface area contributed by atoms with Gasteiger partial charge in [-0.1, -0.05) is 15.9 Å². The molecule has 1 saturated heterocycles. The Balaban J connectivity index is 1.52. The molecule has 6 nitrogen and oxygen atoms in total. The maximum atomic E-state index is 12.4. The van der Waals surface area contributed by atoms with Gasteiger partial charge in [-0.25, -0.2) is 0 Å². The van der Waals surface area contributed by atoms with Crippen LogP contribution in [0.1, 0.15) is 22.3 Å². The number of carbonyl (C=O) groups is 2. The van der Waals surface area contributed by atoms with Crippen molar-refractivity contribution in [2.24, 2.45) is 0 Å². The molecule has 0 radical (unpaired) electrons. The predicted molar refractivity (Wildman–Crippen MR) is 119 cm³/mol. The van der Waals surface area contributed by atoms with Gasteiger partial charge in [-0.15, -0.1) is 0 Å². The lowest BCUT2D eigenvalue weighted by atomic mass is 9.95. The maximum absolute atomic E-state index is 12.4. The van der Waals surface area contributed by atoms with E-state index < -0.39 is 5.91 Å². The minimum atomic E-state index is -0.404. The van der Waals surface area contributed by atoms with Crippen molar-refractivity contribution in [1.29, 1.82) is 0 Å². The first kappa shape index (κ1) is 19.7. The number of halogens is 1. The Bertz CT molecular complexity index is 971. The Labute approximate surface area is 178 Å². The Morgan fingerprint density at radius 3 is 2.55 bits per heavy atom. The second-order valence-corrected chi connectivity index (χ2v) is 8.28. The summed E-state index contributed by atoms with van der Waals surface area (Å²) in [4.78, 5) is 29.2. The molecule has 150 valence electrons. The zero-order chi connectivity index (χ0) is 20.4. The van der Waals surface area contributed by atoms with Crippen molar-refractivity contribution in [1.82, 2.24) is 10.2 Å². The van der Waals surface area contributed by atoms with E-state index in [1.807, 2.05) is 12.1 Å². The van der Waals surface area contributed by atoms with Crippen LogP contribution in [-0.2, 0) is 4.79 Å². The number of amides is 2. The van der Waals surface area contributed by atoms with Crippen molar-refractivity contribution < 1.29 is 9.59 Å². The van der Waals surface area contributed by atoms with Gasteiger partial charge < -0.3 is 15.1 Å². The Morgan fingerprint density at radius 2 is 1.76 bits per heavy atom. The molecule has 29 heavy (non-hydrogen) atoms. The van der Waals surface area contributed by atoms with Gasteiger partial charge in [0.2, 0.25) is 0 Å². The van der Waals surface area contributed by atoms with Crippen LogP contribution in [0.15, 0.2) is 53.1 Å². The molecule has 2 N–H and O–H groups in total. The molecule has 0 unspecified atom stereocenters. The van der Waals surface area contributed by atoms with Crippen molar-refractivity contribution in [3.05, 3.63) is 64.3 Å². The van der Waals surface area contributed by atoms with Crippen molar-refractivity contribution in [3.8, 4) is 0 Å². The van der Waals surface area contributed by atoms with Crippen LogP contribution >= 0.6 is 15.9 Å². The van der Waals surface area contributed by atoms with E-state index in [1.165, 1.54) is 5.69 Å².